The highest BCUT2D eigenvalue weighted by molar-refractivity contribution is 5.92. The molecule has 0 bridgehead atoms. The fourth-order valence-corrected chi connectivity index (χ4v) is 3.41. The summed E-state index contributed by atoms with van der Waals surface area (Å²) in [6.45, 7) is 3.52. The molecule has 4 rings (SSSR count). The van der Waals surface area contributed by atoms with Gasteiger partial charge in [0.15, 0.2) is 0 Å². The van der Waals surface area contributed by atoms with Crippen molar-refractivity contribution in [3.63, 3.8) is 0 Å². The van der Waals surface area contributed by atoms with E-state index in [9.17, 15) is 4.79 Å². The summed E-state index contributed by atoms with van der Waals surface area (Å²) in [4.78, 5) is 23.3. The summed E-state index contributed by atoms with van der Waals surface area (Å²) >= 11 is 0. The molecule has 1 aromatic carbocycles. The van der Waals surface area contributed by atoms with Gasteiger partial charge in [-0.2, -0.15) is 5.10 Å². The van der Waals surface area contributed by atoms with Crippen molar-refractivity contribution in [2.24, 2.45) is 7.05 Å². The van der Waals surface area contributed by atoms with Gasteiger partial charge < -0.3 is 0 Å². The van der Waals surface area contributed by atoms with Crippen molar-refractivity contribution in [2.75, 3.05) is 18.4 Å². The number of rotatable bonds is 4. The Bertz CT molecular complexity index is 950. The number of aromatic nitrogens is 4. The Morgan fingerprint density at radius 2 is 2.19 bits per heavy atom. The van der Waals surface area contributed by atoms with Gasteiger partial charge in [0.25, 0.3) is 0 Å². The smallest absolute Gasteiger partial charge is 0.240 e. The number of nitrogens with one attached hydrogen (secondary N) is 1. The van der Waals surface area contributed by atoms with Crippen molar-refractivity contribution >= 4 is 22.8 Å². The summed E-state index contributed by atoms with van der Waals surface area (Å²) in [7, 11) is 1.89. The summed E-state index contributed by atoms with van der Waals surface area (Å²) in [6.07, 6.45) is 7.82. The highest BCUT2D eigenvalue weighted by atomic mass is 16.2. The molecule has 1 saturated heterocycles. The largest absolute Gasteiger partial charge is 0.293 e. The zero-order chi connectivity index (χ0) is 18.1. The number of nitrogens with zero attached hydrogens (tertiary/aromatic N) is 5. The van der Waals surface area contributed by atoms with Crippen molar-refractivity contribution in [3.05, 3.63) is 36.8 Å². The van der Waals surface area contributed by atoms with Gasteiger partial charge in [-0.3, -0.25) is 19.7 Å². The van der Waals surface area contributed by atoms with Gasteiger partial charge in [0.2, 0.25) is 11.9 Å². The second kappa shape index (κ2) is 6.84. The summed E-state index contributed by atoms with van der Waals surface area (Å²) < 4.78 is 1.77. The summed E-state index contributed by atoms with van der Waals surface area (Å²) in [5.41, 5.74) is 2.86. The molecule has 1 atom stereocenters. The lowest BCUT2D eigenvalue weighted by atomic mass is 10.1. The van der Waals surface area contributed by atoms with Crippen molar-refractivity contribution < 1.29 is 4.79 Å². The van der Waals surface area contributed by atoms with Crippen LogP contribution in [-0.4, -0.2) is 49.7 Å². The predicted molar refractivity (Wildman–Crippen MR) is 101 cm³/mol. The Morgan fingerprint density at radius 1 is 1.31 bits per heavy atom. The van der Waals surface area contributed by atoms with Crippen molar-refractivity contribution in [1.82, 2.24) is 24.6 Å². The first-order chi connectivity index (χ1) is 12.6. The highest BCUT2D eigenvalue weighted by Gasteiger charge is 2.22. The molecule has 134 valence electrons. The molecule has 1 aliphatic heterocycles. The molecule has 7 heteroatoms. The normalized spacial score (nSPS) is 17.7. The van der Waals surface area contributed by atoms with Gasteiger partial charge in [-0.1, -0.05) is 12.1 Å². The topological polar surface area (TPSA) is 75.9 Å². The van der Waals surface area contributed by atoms with Crippen LogP contribution in [0.5, 0.6) is 0 Å². The number of anilines is 1. The SMILES string of the molecule is C[C@@H]1CCCN1CC(=O)Nc1ncc2ccc(-c3cnn(C)c3)cc2n1. The Kier molecular flexibility index (Phi) is 4.38. The molecule has 1 amide bonds. The molecule has 0 radical (unpaired) electrons. The Morgan fingerprint density at radius 3 is 2.92 bits per heavy atom. The number of fused-ring (bicyclic) bond motifs is 1. The van der Waals surface area contributed by atoms with Crippen LogP contribution in [0.2, 0.25) is 0 Å². The summed E-state index contributed by atoms with van der Waals surface area (Å²) in [6, 6.07) is 6.46. The highest BCUT2D eigenvalue weighted by Crippen LogP contribution is 2.23. The first kappa shape index (κ1) is 16.7. The molecule has 1 N–H and O–H groups in total. The average molecular weight is 350 g/mol. The molecule has 0 unspecified atom stereocenters. The summed E-state index contributed by atoms with van der Waals surface area (Å²) in [5.74, 6) is 0.277. The minimum atomic E-state index is -0.0680. The number of benzene rings is 1. The first-order valence-corrected chi connectivity index (χ1v) is 8.88. The van der Waals surface area contributed by atoms with E-state index >= 15 is 0 Å². The maximum Gasteiger partial charge on any atom is 0.240 e. The van der Waals surface area contributed by atoms with Crippen LogP contribution in [-0.2, 0) is 11.8 Å². The molecular formula is C19H22N6O. The van der Waals surface area contributed by atoms with Gasteiger partial charge in [0.1, 0.15) is 0 Å². The van der Waals surface area contributed by atoms with Gasteiger partial charge in [-0.15, -0.1) is 0 Å². The minimum Gasteiger partial charge on any atom is -0.293 e. The van der Waals surface area contributed by atoms with E-state index < -0.39 is 0 Å². The van der Waals surface area contributed by atoms with Gasteiger partial charge in [0.05, 0.1) is 18.3 Å². The zero-order valence-electron chi connectivity index (χ0n) is 15.0. The van der Waals surface area contributed by atoms with Crippen molar-refractivity contribution in [2.45, 2.75) is 25.8 Å². The molecule has 0 saturated carbocycles. The molecule has 3 aromatic rings. The Balaban J connectivity index is 1.53. The number of hydrogen-bond acceptors (Lipinski definition) is 5. The van der Waals surface area contributed by atoms with Crippen LogP contribution < -0.4 is 5.32 Å². The molecule has 3 heterocycles. The maximum absolute atomic E-state index is 12.3. The van der Waals surface area contributed by atoms with Crippen molar-refractivity contribution in [1.29, 1.82) is 0 Å². The van der Waals surface area contributed by atoms with E-state index in [-0.39, 0.29) is 5.91 Å². The quantitative estimate of drug-likeness (QED) is 0.782. The third-order valence-electron chi connectivity index (χ3n) is 4.91. The Labute approximate surface area is 152 Å². The second-order valence-corrected chi connectivity index (χ2v) is 6.88. The van der Waals surface area contributed by atoms with Crippen molar-refractivity contribution in [3.8, 4) is 11.1 Å². The van der Waals surface area contributed by atoms with Crippen LogP contribution in [0.15, 0.2) is 36.8 Å². The molecule has 1 aliphatic rings. The predicted octanol–water partition coefficient (Wildman–Crippen LogP) is 2.45. The van der Waals surface area contributed by atoms with E-state index in [4.69, 9.17) is 0 Å². The zero-order valence-corrected chi connectivity index (χ0v) is 15.0. The van der Waals surface area contributed by atoms with Crippen LogP contribution in [0.3, 0.4) is 0 Å². The number of amides is 1. The standard InChI is InChI=1S/C19H22N6O/c1-13-4-3-7-25(13)12-18(26)23-19-20-9-15-6-5-14(8-17(15)22-19)16-10-21-24(2)11-16/h5-6,8-11,13H,3-4,7,12H2,1-2H3,(H,20,22,23,26)/t13-/m1/s1. The summed E-state index contributed by atoms with van der Waals surface area (Å²) in [5, 5.41) is 7.97. The van der Waals surface area contributed by atoms with Gasteiger partial charge in [-0.05, 0) is 37.9 Å². The lowest BCUT2D eigenvalue weighted by Crippen LogP contribution is -2.35. The Hall–Kier alpha value is -2.80. The van der Waals surface area contributed by atoms with Gasteiger partial charge in [-0.25, -0.2) is 9.97 Å². The van der Waals surface area contributed by atoms with E-state index in [0.29, 0.717) is 18.5 Å². The van der Waals surface area contributed by atoms with Gasteiger partial charge >= 0.3 is 0 Å². The maximum atomic E-state index is 12.3. The molecule has 0 aliphatic carbocycles. The fraction of sp³-hybridized carbons (Fsp3) is 0.368. The lowest BCUT2D eigenvalue weighted by Gasteiger charge is -2.19. The molecule has 7 nitrogen and oxygen atoms in total. The minimum absolute atomic E-state index is 0.0680. The number of hydrogen-bond donors (Lipinski definition) is 1. The van der Waals surface area contributed by atoms with E-state index in [1.165, 1.54) is 0 Å². The van der Waals surface area contributed by atoms with E-state index in [1.807, 2.05) is 37.6 Å². The molecular weight excluding hydrogens is 328 g/mol. The molecule has 1 fully saturated rings. The monoisotopic (exact) mass is 350 g/mol. The van der Waals surface area contributed by atoms with Crippen LogP contribution in [0.25, 0.3) is 22.0 Å². The molecule has 0 spiro atoms. The third-order valence-corrected chi connectivity index (χ3v) is 4.91. The average Bonchev–Trinajstić information content (AvgIpc) is 3.23. The van der Waals surface area contributed by atoms with Crippen LogP contribution in [0, 0.1) is 0 Å². The number of carbonyl (C=O) groups excluding carboxylic acids is 1. The van der Waals surface area contributed by atoms with E-state index in [0.717, 1.165) is 41.4 Å². The van der Waals surface area contributed by atoms with Crippen LogP contribution >= 0.6 is 0 Å². The van der Waals surface area contributed by atoms with E-state index in [1.54, 1.807) is 10.9 Å². The number of likely N-dealkylation sites (tertiary alicyclic amines) is 1. The third kappa shape index (κ3) is 3.43. The second-order valence-electron chi connectivity index (χ2n) is 6.88. The number of carbonyl (C=O) groups is 1. The van der Waals surface area contributed by atoms with E-state index in [2.05, 4.69) is 32.2 Å². The first-order valence-electron chi connectivity index (χ1n) is 8.88. The van der Waals surface area contributed by atoms with Crippen LogP contribution in [0.1, 0.15) is 19.8 Å². The molecule has 26 heavy (non-hydrogen) atoms. The van der Waals surface area contributed by atoms with Crippen LogP contribution in [0.4, 0.5) is 5.95 Å². The molecule has 2 aromatic heterocycles. The lowest BCUT2D eigenvalue weighted by molar-refractivity contribution is -0.117. The van der Waals surface area contributed by atoms with Gasteiger partial charge in [0, 0.05) is 36.4 Å². The number of aryl methyl sites for hydroxylation is 1. The fourth-order valence-electron chi connectivity index (χ4n) is 3.41.